The third-order valence-corrected chi connectivity index (χ3v) is 4.42. The van der Waals surface area contributed by atoms with Crippen LogP contribution in [0.5, 0.6) is 5.75 Å². The van der Waals surface area contributed by atoms with E-state index in [1.165, 1.54) is 5.56 Å². The molecule has 1 aromatic carbocycles. The predicted octanol–water partition coefficient (Wildman–Crippen LogP) is 1.63. The molecule has 0 atom stereocenters. The van der Waals surface area contributed by atoms with Gasteiger partial charge in [-0.1, -0.05) is 26.0 Å². The number of piperazine rings is 1. The number of carbonyl (C=O) groups excluding carboxylic acids is 1. The fourth-order valence-corrected chi connectivity index (χ4v) is 2.83. The van der Waals surface area contributed by atoms with Gasteiger partial charge in [0.05, 0.1) is 13.7 Å². The molecule has 1 N–H and O–H groups in total. The molecule has 0 bridgehead atoms. The molecule has 2 rings (SSSR count). The molecule has 0 radical (unpaired) electrons. The Morgan fingerprint density at radius 1 is 1.12 bits per heavy atom. The van der Waals surface area contributed by atoms with Gasteiger partial charge in [-0.15, -0.1) is 0 Å². The molecule has 0 spiro atoms. The van der Waals surface area contributed by atoms with Crippen LogP contribution < -0.4 is 10.1 Å². The SMILES string of the molecule is COc1ccc(CCN2CCN(CC(=O)NCC(C)C)CC2)cc1. The highest BCUT2D eigenvalue weighted by Gasteiger charge is 2.18. The second-order valence-electron chi connectivity index (χ2n) is 6.91. The van der Waals surface area contributed by atoms with Crippen molar-refractivity contribution < 1.29 is 9.53 Å². The molecule has 1 aliphatic rings. The van der Waals surface area contributed by atoms with E-state index in [9.17, 15) is 4.79 Å². The van der Waals surface area contributed by atoms with Gasteiger partial charge in [0.15, 0.2) is 0 Å². The summed E-state index contributed by atoms with van der Waals surface area (Å²) in [6.07, 6.45) is 1.05. The maximum absolute atomic E-state index is 11.9. The lowest BCUT2D eigenvalue weighted by molar-refractivity contribution is -0.122. The number of carbonyl (C=O) groups is 1. The van der Waals surface area contributed by atoms with Crippen molar-refractivity contribution in [3.63, 3.8) is 0 Å². The maximum atomic E-state index is 11.9. The van der Waals surface area contributed by atoms with Gasteiger partial charge in [0, 0.05) is 39.3 Å². The number of methoxy groups -OCH3 is 1. The standard InChI is InChI=1S/C19H31N3O2/c1-16(2)14-20-19(23)15-22-12-10-21(11-13-22)9-8-17-4-6-18(24-3)7-5-17/h4-7,16H,8-15H2,1-3H3,(H,20,23). The highest BCUT2D eigenvalue weighted by atomic mass is 16.5. The molecular weight excluding hydrogens is 302 g/mol. The van der Waals surface area contributed by atoms with Gasteiger partial charge in [-0.3, -0.25) is 9.69 Å². The first-order chi connectivity index (χ1) is 11.6. The minimum absolute atomic E-state index is 0.149. The van der Waals surface area contributed by atoms with Crippen molar-refractivity contribution in [2.24, 2.45) is 5.92 Å². The van der Waals surface area contributed by atoms with Crippen LogP contribution in [0.4, 0.5) is 0 Å². The van der Waals surface area contributed by atoms with E-state index in [-0.39, 0.29) is 5.91 Å². The van der Waals surface area contributed by atoms with Crippen LogP contribution in [0.25, 0.3) is 0 Å². The molecular formula is C19H31N3O2. The molecule has 1 heterocycles. The molecule has 5 heteroatoms. The molecule has 134 valence electrons. The van der Waals surface area contributed by atoms with Crippen LogP contribution in [0.3, 0.4) is 0 Å². The molecule has 1 aliphatic heterocycles. The first kappa shape index (κ1) is 18.7. The number of hydrogen-bond acceptors (Lipinski definition) is 4. The maximum Gasteiger partial charge on any atom is 0.234 e. The monoisotopic (exact) mass is 333 g/mol. The third kappa shape index (κ3) is 6.49. The number of nitrogens with one attached hydrogen (secondary N) is 1. The largest absolute Gasteiger partial charge is 0.497 e. The van der Waals surface area contributed by atoms with Gasteiger partial charge >= 0.3 is 0 Å². The summed E-state index contributed by atoms with van der Waals surface area (Å²) in [5.74, 6) is 1.56. The first-order valence-corrected chi connectivity index (χ1v) is 8.91. The van der Waals surface area contributed by atoms with Crippen molar-refractivity contribution >= 4 is 5.91 Å². The first-order valence-electron chi connectivity index (χ1n) is 8.91. The average Bonchev–Trinajstić information content (AvgIpc) is 2.60. The summed E-state index contributed by atoms with van der Waals surface area (Å²) in [6, 6.07) is 8.30. The summed E-state index contributed by atoms with van der Waals surface area (Å²) >= 11 is 0. The summed E-state index contributed by atoms with van der Waals surface area (Å²) in [4.78, 5) is 16.6. The number of rotatable bonds is 8. The summed E-state index contributed by atoms with van der Waals surface area (Å²) in [7, 11) is 1.69. The third-order valence-electron chi connectivity index (χ3n) is 4.42. The Bertz CT molecular complexity index is 494. The van der Waals surface area contributed by atoms with Crippen LogP contribution in [0.15, 0.2) is 24.3 Å². The van der Waals surface area contributed by atoms with E-state index in [0.717, 1.165) is 51.4 Å². The number of ether oxygens (including phenoxy) is 1. The van der Waals surface area contributed by atoms with Crippen LogP contribution in [-0.4, -0.2) is 68.6 Å². The summed E-state index contributed by atoms with van der Waals surface area (Å²) in [5.41, 5.74) is 1.34. The Morgan fingerprint density at radius 2 is 1.75 bits per heavy atom. The second-order valence-corrected chi connectivity index (χ2v) is 6.91. The van der Waals surface area contributed by atoms with Crippen molar-refractivity contribution in [1.82, 2.24) is 15.1 Å². The number of benzene rings is 1. The van der Waals surface area contributed by atoms with Crippen molar-refractivity contribution in [3.05, 3.63) is 29.8 Å². The summed E-state index contributed by atoms with van der Waals surface area (Å²) in [6.45, 7) is 10.6. The molecule has 0 unspecified atom stereocenters. The quantitative estimate of drug-likeness (QED) is 0.785. The summed E-state index contributed by atoms with van der Waals surface area (Å²) in [5, 5.41) is 2.99. The van der Waals surface area contributed by atoms with E-state index in [4.69, 9.17) is 4.74 Å². The molecule has 0 aliphatic carbocycles. The van der Waals surface area contributed by atoms with Crippen molar-refractivity contribution in [2.75, 3.05) is 52.9 Å². The zero-order valence-corrected chi connectivity index (χ0v) is 15.3. The minimum Gasteiger partial charge on any atom is -0.497 e. The van der Waals surface area contributed by atoms with E-state index < -0.39 is 0 Å². The highest BCUT2D eigenvalue weighted by Crippen LogP contribution is 2.12. The molecule has 24 heavy (non-hydrogen) atoms. The normalized spacial score (nSPS) is 16.3. The molecule has 1 amide bonds. The number of amides is 1. The van der Waals surface area contributed by atoms with E-state index in [0.29, 0.717) is 12.5 Å². The minimum atomic E-state index is 0.149. The topological polar surface area (TPSA) is 44.8 Å². The van der Waals surface area contributed by atoms with E-state index in [1.54, 1.807) is 7.11 Å². The zero-order chi connectivity index (χ0) is 17.4. The highest BCUT2D eigenvalue weighted by molar-refractivity contribution is 5.78. The van der Waals surface area contributed by atoms with Crippen molar-refractivity contribution in [2.45, 2.75) is 20.3 Å². The van der Waals surface area contributed by atoms with Crippen LogP contribution in [0.2, 0.25) is 0 Å². The van der Waals surface area contributed by atoms with Gasteiger partial charge < -0.3 is 15.0 Å². The van der Waals surface area contributed by atoms with Gasteiger partial charge in [-0.25, -0.2) is 0 Å². The number of nitrogens with zero attached hydrogens (tertiary/aromatic N) is 2. The smallest absolute Gasteiger partial charge is 0.234 e. The van der Waals surface area contributed by atoms with Crippen molar-refractivity contribution in [3.8, 4) is 5.75 Å². The van der Waals surface area contributed by atoms with Crippen molar-refractivity contribution in [1.29, 1.82) is 0 Å². The van der Waals surface area contributed by atoms with E-state index in [2.05, 4.69) is 41.1 Å². The Balaban J connectivity index is 1.64. The lowest BCUT2D eigenvalue weighted by Gasteiger charge is -2.34. The molecule has 1 saturated heterocycles. The predicted molar refractivity (Wildman–Crippen MR) is 97.4 cm³/mol. The zero-order valence-electron chi connectivity index (χ0n) is 15.3. The lowest BCUT2D eigenvalue weighted by atomic mass is 10.1. The van der Waals surface area contributed by atoms with Gasteiger partial charge in [-0.05, 0) is 30.0 Å². The molecule has 5 nitrogen and oxygen atoms in total. The van der Waals surface area contributed by atoms with Gasteiger partial charge in [0.25, 0.3) is 0 Å². The van der Waals surface area contributed by atoms with E-state index >= 15 is 0 Å². The van der Waals surface area contributed by atoms with Crippen LogP contribution in [0.1, 0.15) is 19.4 Å². The van der Waals surface area contributed by atoms with E-state index in [1.807, 2.05) is 12.1 Å². The Kier molecular flexibility index (Phi) is 7.53. The Hall–Kier alpha value is -1.59. The van der Waals surface area contributed by atoms with Crippen LogP contribution in [-0.2, 0) is 11.2 Å². The molecule has 0 aromatic heterocycles. The lowest BCUT2D eigenvalue weighted by Crippen LogP contribution is -2.50. The Morgan fingerprint density at radius 3 is 2.33 bits per heavy atom. The average molecular weight is 333 g/mol. The molecule has 1 aromatic rings. The molecule has 0 saturated carbocycles. The van der Waals surface area contributed by atoms with Crippen LogP contribution >= 0.6 is 0 Å². The second kappa shape index (κ2) is 9.64. The Labute approximate surface area is 146 Å². The van der Waals surface area contributed by atoms with Gasteiger partial charge in [0.2, 0.25) is 5.91 Å². The fraction of sp³-hybridized carbons (Fsp3) is 0.632. The van der Waals surface area contributed by atoms with Gasteiger partial charge in [-0.2, -0.15) is 0 Å². The van der Waals surface area contributed by atoms with Gasteiger partial charge in [0.1, 0.15) is 5.75 Å². The summed E-state index contributed by atoms with van der Waals surface area (Å²) < 4.78 is 5.19. The number of hydrogen-bond donors (Lipinski definition) is 1. The van der Waals surface area contributed by atoms with Crippen LogP contribution in [0, 0.1) is 5.92 Å². The molecule has 1 fully saturated rings. The fourth-order valence-electron chi connectivity index (χ4n) is 2.83.